The zero-order valence-corrected chi connectivity index (χ0v) is 61.1. The average molecular weight is 1410 g/mol. The molecule has 2 aromatic carbocycles. The maximum atomic E-state index is 14.7. The van der Waals surface area contributed by atoms with Gasteiger partial charge in [0.2, 0.25) is 41.4 Å². The van der Waals surface area contributed by atoms with Gasteiger partial charge in [0, 0.05) is 77.0 Å². The number of thioether (sulfide) groups is 1. The topological polar surface area (TPSA) is 366 Å². The van der Waals surface area contributed by atoms with Crippen LogP contribution in [0.1, 0.15) is 159 Å². The number of primary amides is 1. The summed E-state index contributed by atoms with van der Waals surface area (Å²) in [6.07, 6.45) is 8.78. The number of nitrogens with one attached hydrogen (secondary N) is 8. The number of unbranched alkanes of at least 4 members (excludes halogenated alkanes) is 2. The van der Waals surface area contributed by atoms with Crippen LogP contribution in [0.3, 0.4) is 0 Å². The van der Waals surface area contributed by atoms with E-state index in [9.17, 15) is 47.9 Å². The lowest BCUT2D eigenvalue weighted by atomic mass is 9.89. The van der Waals surface area contributed by atoms with Crippen LogP contribution >= 0.6 is 23.1 Å². The van der Waals surface area contributed by atoms with Crippen molar-refractivity contribution >= 4 is 88.2 Å². The Kier molecular flexibility index (Phi) is 33.5. The van der Waals surface area contributed by atoms with Gasteiger partial charge in [0.15, 0.2) is 5.16 Å². The molecule has 29 heteroatoms. The Morgan fingerprint density at radius 2 is 1.45 bits per heavy atom. The number of anilines is 1. The molecule has 0 unspecified atom stereocenters. The van der Waals surface area contributed by atoms with Crippen LogP contribution in [0.25, 0.3) is 0 Å². The summed E-state index contributed by atoms with van der Waals surface area (Å²) in [4.78, 5) is 152. The van der Waals surface area contributed by atoms with Crippen LogP contribution in [-0.4, -0.2) is 179 Å². The highest BCUT2D eigenvalue weighted by Gasteiger charge is 2.44. The van der Waals surface area contributed by atoms with Crippen molar-refractivity contribution in [2.24, 2.45) is 29.4 Å². The summed E-state index contributed by atoms with van der Waals surface area (Å²) in [5.74, 6) is -4.94. The fourth-order valence-corrected chi connectivity index (χ4v) is 12.8. The molecule has 2 aromatic heterocycles. The number of nitrogens with two attached hydrogens (primary N) is 1. The number of alkyl carbamates (subject to hydrolysis) is 1. The minimum Gasteiger partial charge on any atom is -0.445 e. The highest BCUT2D eigenvalue weighted by molar-refractivity contribution is 7.98. The van der Waals surface area contributed by atoms with Crippen molar-refractivity contribution in [3.05, 3.63) is 100 Å². The maximum absolute atomic E-state index is 14.7. The molecule has 10 N–H and O–H groups in total. The van der Waals surface area contributed by atoms with Gasteiger partial charge in [0.05, 0.1) is 48.2 Å². The highest BCUT2D eigenvalue weighted by atomic mass is 32.2. The third-order valence-corrected chi connectivity index (χ3v) is 19.2. The Bertz CT molecular complexity index is 3260. The summed E-state index contributed by atoms with van der Waals surface area (Å²) in [5.41, 5.74) is 5.92. The van der Waals surface area contributed by atoms with E-state index in [0.29, 0.717) is 80.0 Å². The minimum absolute atomic E-state index is 0.0775. The van der Waals surface area contributed by atoms with Crippen molar-refractivity contribution in [2.45, 2.75) is 199 Å². The van der Waals surface area contributed by atoms with E-state index in [1.54, 1.807) is 82.1 Å². The van der Waals surface area contributed by atoms with Gasteiger partial charge in [0.1, 0.15) is 35.3 Å². The number of hydrogen-bond acceptors (Lipinski definition) is 18. The Morgan fingerprint density at radius 3 is 2.06 bits per heavy atom. The van der Waals surface area contributed by atoms with Crippen LogP contribution in [0.4, 0.5) is 15.3 Å². The van der Waals surface area contributed by atoms with Crippen molar-refractivity contribution in [2.75, 3.05) is 52.5 Å². The van der Waals surface area contributed by atoms with Crippen molar-refractivity contribution in [1.29, 1.82) is 0 Å². The molecule has 27 nitrogen and oxygen atoms in total. The lowest BCUT2D eigenvalue weighted by Gasteiger charge is -2.41. The van der Waals surface area contributed by atoms with Gasteiger partial charge < -0.3 is 72.3 Å². The van der Waals surface area contributed by atoms with E-state index in [-0.39, 0.29) is 80.3 Å². The Hall–Kier alpha value is -8.28. The summed E-state index contributed by atoms with van der Waals surface area (Å²) in [6.45, 7) is 16.6. The molecule has 4 aromatic rings. The number of ether oxygens (including phenoxy) is 3. The zero-order valence-electron chi connectivity index (χ0n) is 59.5. The molecule has 0 spiro atoms. The summed E-state index contributed by atoms with van der Waals surface area (Å²) in [7, 11) is 4.70. The molecule has 0 saturated carbocycles. The van der Waals surface area contributed by atoms with Crippen LogP contribution in [0.2, 0.25) is 0 Å². The summed E-state index contributed by atoms with van der Waals surface area (Å²) >= 11 is 2.84. The van der Waals surface area contributed by atoms with Crippen molar-refractivity contribution < 1.29 is 62.2 Å². The largest absolute Gasteiger partial charge is 0.445 e. The Morgan fingerprint density at radius 1 is 0.778 bits per heavy atom. The predicted octanol–water partition coefficient (Wildman–Crippen LogP) is 6.82. The molecule has 544 valence electrons. The molecule has 3 heterocycles. The standard InChI is InChI=1S/C70H104N14O13S2/c1-14-44(6)58(53(95-11)38-55(86)84-35-22-26-52(84)59(96-12)45(7)60(87)79-51(64-73-34-36-99-64)37-46-23-17-15-18-24-46)83(10)65(91)57(43(4)5)81-66(92)70(8,9)82-69(94)97-41-47-28-30-49(31-29-47)77-62(89)50(25-21-33-74-67(71)93)78-63(90)56(42(2)3)80-54(85)27-19-16-20-32-72-61(88)48-39-75-68(98-13)76-40-48/h15,17-18,23-24,28-31,34,36,39-40,42-45,50-53,56-59H,14,16,19-22,25-27,32-33,35,37-38,41H2,1-13H3,(H,72,88)(H,77,89)(H,78,90)(H,79,87)(H,80,85)(H,81,92)(H,82,94)(H3,71,74,93)/t44-,45+,50-,51-,52-,53+,56-,57-,58-,59+/m0/s1. The number of urea groups is 1. The van der Waals surface area contributed by atoms with E-state index in [0.717, 1.165) is 10.6 Å². The van der Waals surface area contributed by atoms with E-state index in [1.807, 2.05) is 62.7 Å². The molecule has 0 radical (unpaired) electrons. The number of nitrogens with zero attached hydrogens (tertiary/aromatic N) is 5. The summed E-state index contributed by atoms with van der Waals surface area (Å²) in [5, 5.41) is 25.6. The van der Waals surface area contributed by atoms with E-state index in [2.05, 4.69) is 57.5 Å². The van der Waals surface area contributed by atoms with Gasteiger partial charge in [-0.3, -0.25) is 38.4 Å². The molecule has 1 aliphatic rings. The molecule has 99 heavy (non-hydrogen) atoms. The molecular weight excluding hydrogens is 1310 g/mol. The first-order valence-corrected chi connectivity index (χ1v) is 36.0. The number of hydrogen-bond donors (Lipinski definition) is 9. The van der Waals surface area contributed by atoms with Gasteiger partial charge in [-0.2, -0.15) is 0 Å². The minimum atomic E-state index is -1.59. The van der Waals surface area contributed by atoms with E-state index in [1.165, 1.54) is 56.4 Å². The first-order valence-electron chi connectivity index (χ1n) is 33.9. The molecule has 1 aliphatic heterocycles. The molecule has 10 atom stereocenters. The van der Waals surface area contributed by atoms with Crippen molar-refractivity contribution in [3.63, 3.8) is 0 Å². The fourth-order valence-electron chi connectivity index (χ4n) is 11.8. The van der Waals surface area contributed by atoms with Crippen molar-refractivity contribution in [3.8, 4) is 0 Å². The number of aromatic nitrogens is 3. The second-order valence-electron chi connectivity index (χ2n) is 26.2. The number of rotatable bonds is 40. The quantitative estimate of drug-likeness (QED) is 0.0125. The average Bonchev–Trinajstić information content (AvgIpc) is 1.76. The molecule has 11 amide bonds. The summed E-state index contributed by atoms with van der Waals surface area (Å²) < 4.78 is 17.7. The second-order valence-corrected chi connectivity index (χ2v) is 27.9. The van der Waals surface area contributed by atoms with Crippen LogP contribution in [0.15, 0.2) is 83.7 Å². The number of carbonyl (C=O) groups excluding carboxylic acids is 10. The molecule has 1 fully saturated rings. The second kappa shape index (κ2) is 40.7. The third-order valence-electron chi connectivity index (χ3n) is 17.7. The number of amides is 11. The normalized spacial score (nSPS) is 15.7. The number of benzene rings is 2. The van der Waals surface area contributed by atoms with Crippen LogP contribution < -0.4 is 48.3 Å². The number of carbonyl (C=O) groups is 10. The Balaban J connectivity index is 1.13. The lowest BCUT2D eigenvalue weighted by molar-refractivity contribution is -0.148. The lowest BCUT2D eigenvalue weighted by Crippen LogP contribution is -2.62. The van der Waals surface area contributed by atoms with E-state index in [4.69, 9.17) is 19.9 Å². The molecule has 1 saturated heterocycles. The van der Waals surface area contributed by atoms with Crippen LogP contribution in [0.5, 0.6) is 0 Å². The van der Waals surface area contributed by atoms with Gasteiger partial charge in [-0.25, -0.2) is 24.5 Å². The van der Waals surface area contributed by atoms with Crippen LogP contribution in [-0.2, 0) is 60.8 Å². The van der Waals surface area contributed by atoms with Gasteiger partial charge in [-0.15, -0.1) is 11.3 Å². The number of likely N-dealkylation sites (N-methyl/N-ethyl adjacent to an activating group) is 1. The van der Waals surface area contributed by atoms with Gasteiger partial charge in [0.25, 0.3) is 5.91 Å². The molecule has 0 aliphatic carbocycles. The van der Waals surface area contributed by atoms with Crippen LogP contribution in [0, 0.1) is 23.7 Å². The van der Waals surface area contributed by atoms with Crippen molar-refractivity contribution in [1.82, 2.24) is 62.0 Å². The highest BCUT2D eigenvalue weighted by Crippen LogP contribution is 2.31. The van der Waals surface area contributed by atoms with E-state index < -0.39 is 95.5 Å². The van der Waals surface area contributed by atoms with Gasteiger partial charge in [-0.05, 0) is 106 Å². The third kappa shape index (κ3) is 25.4. The summed E-state index contributed by atoms with van der Waals surface area (Å²) in [6, 6.07) is 10.9. The van der Waals surface area contributed by atoms with Gasteiger partial charge >= 0.3 is 12.1 Å². The SMILES string of the molecule is CC[C@H](C)[C@@H]([C@@H](CC(=O)N1CCC[C@H]1[C@H](OC)[C@@H](C)C(=O)N[C@@H](Cc1ccccc1)c1nccs1)OC)N(C)C(=O)[C@@H](NC(=O)C(C)(C)NC(=O)OCc1ccc(NC(=O)[C@H](CCCNC(N)=O)NC(=O)[C@@H](NC(=O)CCCCCNC(=O)c2cnc(SC)nc2)C(C)C)cc1)C(C)C. The number of methoxy groups -OCH3 is 2. The molecular formula is C70H104N14O13S2. The number of likely N-dealkylation sites (tertiary alicyclic amines) is 1. The number of thiazole rings is 1. The first-order chi connectivity index (χ1) is 47.1. The first kappa shape index (κ1) is 81.4. The Labute approximate surface area is 590 Å². The van der Waals surface area contributed by atoms with Gasteiger partial charge in [-0.1, -0.05) is 116 Å². The zero-order chi connectivity index (χ0) is 72.9. The van der Waals surface area contributed by atoms with E-state index >= 15 is 0 Å². The maximum Gasteiger partial charge on any atom is 0.408 e. The molecule has 0 bridgehead atoms. The predicted molar refractivity (Wildman–Crippen MR) is 379 cm³/mol. The smallest absolute Gasteiger partial charge is 0.408 e. The molecule has 5 rings (SSSR count). The fraction of sp³-hybridized carbons (Fsp3) is 0.586. The monoisotopic (exact) mass is 1410 g/mol.